The van der Waals surface area contributed by atoms with Crippen molar-refractivity contribution in [2.24, 2.45) is 5.92 Å². The van der Waals surface area contributed by atoms with Crippen LogP contribution in [0.1, 0.15) is 76.1 Å². The molecule has 0 aromatic heterocycles. The second-order valence-corrected chi connectivity index (χ2v) is 10.9. The number of thioether (sulfide) groups is 1. The Morgan fingerprint density at radius 2 is 1.32 bits per heavy atom. The first kappa shape index (κ1) is 29.6. The monoisotopic (exact) mass is 536 g/mol. The van der Waals surface area contributed by atoms with Gasteiger partial charge in [-0.25, -0.2) is 4.79 Å². The van der Waals surface area contributed by atoms with Crippen LogP contribution >= 0.6 is 11.8 Å². The maximum Gasteiger partial charge on any atom is 0.343 e. The summed E-state index contributed by atoms with van der Waals surface area (Å²) in [6.45, 7) is 6.87. The lowest BCUT2D eigenvalue weighted by atomic mass is 10.1. The van der Waals surface area contributed by atoms with Crippen molar-refractivity contribution in [2.75, 3.05) is 18.1 Å². The summed E-state index contributed by atoms with van der Waals surface area (Å²) in [5.74, 6) is 2.62. The predicted octanol–water partition coefficient (Wildman–Crippen LogP) is 8.48. The van der Waals surface area contributed by atoms with Crippen molar-refractivity contribution in [1.82, 2.24) is 0 Å². The molecular formula is C32H40O5S. The van der Waals surface area contributed by atoms with Crippen LogP contribution in [0.2, 0.25) is 0 Å². The highest BCUT2D eigenvalue weighted by atomic mass is 32.2. The van der Waals surface area contributed by atoms with Crippen LogP contribution in [0, 0.1) is 5.92 Å². The van der Waals surface area contributed by atoms with Gasteiger partial charge in [0.1, 0.15) is 17.2 Å². The molecule has 0 radical (unpaired) electrons. The Morgan fingerprint density at radius 3 is 1.95 bits per heavy atom. The van der Waals surface area contributed by atoms with Crippen molar-refractivity contribution in [3.05, 3.63) is 66.2 Å². The van der Waals surface area contributed by atoms with Gasteiger partial charge in [0.15, 0.2) is 0 Å². The average Bonchev–Trinajstić information content (AvgIpc) is 2.93. The zero-order chi connectivity index (χ0) is 27.2. The van der Waals surface area contributed by atoms with Crippen LogP contribution in [0.4, 0.5) is 0 Å². The molecule has 0 aliphatic rings. The third-order valence-corrected chi connectivity index (χ3v) is 7.44. The number of hydrogen-bond acceptors (Lipinski definition) is 6. The summed E-state index contributed by atoms with van der Waals surface area (Å²) in [5.41, 5.74) is 0.464. The van der Waals surface area contributed by atoms with Crippen molar-refractivity contribution in [1.29, 1.82) is 0 Å². The number of rotatable bonds is 16. The van der Waals surface area contributed by atoms with Gasteiger partial charge >= 0.3 is 11.9 Å². The molecule has 0 N–H and O–H groups in total. The van der Waals surface area contributed by atoms with Gasteiger partial charge in [0.2, 0.25) is 0 Å². The van der Waals surface area contributed by atoms with Gasteiger partial charge in [-0.2, -0.15) is 11.8 Å². The van der Waals surface area contributed by atoms with E-state index in [1.807, 2.05) is 37.3 Å². The number of ether oxygens (including phenoxy) is 3. The van der Waals surface area contributed by atoms with Crippen molar-refractivity contribution in [3.8, 4) is 17.2 Å². The van der Waals surface area contributed by atoms with Crippen LogP contribution in [0.3, 0.4) is 0 Å². The van der Waals surface area contributed by atoms with Gasteiger partial charge in [-0.3, -0.25) is 4.79 Å². The van der Waals surface area contributed by atoms with Crippen LogP contribution in [0.25, 0.3) is 10.8 Å². The number of hydrogen-bond donors (Lipinski definition) is 0. The van der Waals surface area contributed by atoms with E-state index in [0.717, 1.165) is 34.4 Å². The fraction of sp³-hybridized carbons (Fsp3) is 0.438. The van der Waals surface area contributed by atoms with Gasteiger partial charge in [-0.1, -0.05) is 71.4 Å². The van der Waals surface area contributed by atoms with E-state index in [4.69, 9.17) is 14.2 Å². The van der Waals surface area contributed by atoms with Gasteiger partial charge in [0.05, 0.1) is 18.1 Å². The fourth-order valence-electron chi connectivity index (χ4n) is 4.01. The third-order valence-electron chi connectivity index (χ3n) is 6.29. The van der Waals surface area contributed by atoms with E-state index < -0.39 is 5.97 Å². The Morgan fingerprint density at radius 1 is 0.737 bits per heavy atom. The number of fused-ring (bicyclic) bond motifs is 1. The maximum atomic E-state index is 12.7. The number of unbranched alkanes of at least 4 members (excludes halogenated alkanes) is 6. The summed E-state index contributed by atoms with van der Waals surface area (Å²) < 4.78 is 17.0. The molecule has 6 heteroatoms. The molecule has 38 heavy (non-hydrogen) atoms. The van der Waals surface area contributed by atoms with E-state index in [-0.39, 0.29) is 11.9 Å². The van der Waals surface area contributed by atoms with Gasteiger partial charge < -0.3 is 14.2 Å². The van der Waals surface area contributed by atoms with Gasteiger partial charge in [0.25, 0.3) is 0 Å². The quantitative estimate of drug-likeness (QED) is 0.104. The highest BCUT2D eigenvalue weighted by Gasteiger charge is 2.15. The molecule has 0 aliphatic heterocycles. The summed E-state index contributed by atoms with van der Waals surface area (Å²) in [7, 11) is 0. The van der Waals surface area contributed by atoms with Crippen molar-refractivity contribution < 1.29 is 23.8 Å². The van der Waals surface area contributed by atoms with E-state index in [1.54, 1.807) is 42.1 Å². The molecule has 0 aliphatic carbocycles. The van der Waals surface area contributed by atoms with Crippen LogP contribution in [0.5, 0.6) is 17.2 Å². The minimum absolute atomic E-state index is 0.164. The molecule has 3 aromatic rings. The molecule has 204 valence electrons. The predicted molar refractivity (Wildman–Crippen MR) is 157 cm³/mol. The van der Waals surface area contributed by atoms with E-state index >= 15 is 0 Å². The van der Waals surface area contributed by atoms with Gasteiger partial charge in [0, 0.05) is 5.75 Å². The smallest absolute Gasteiger partial charge is 0.343 e. The lowest BCUT2D eigenvalue weighted by Gasteiger charge is -2.11. The molecule has 0 fully saturated rings. The number of carbonyl (C=O) groups is 2. The SMILES string of the molecule is CCCCCCCCCOc1ccc(C(=O)Oc2ccc3cc(OC(=O)[C@@H](C)CSCC)ccc3c2)cc1. The Bertz CT molecular complexity index is 1160. The lowest BCUT2D eigenvalue weighted by Crippen LogP contribution is -2.19. The second-order valence-electron chi connectivity index (χ2n) is 9.54. The zero-order valence-corrected chi connectivity index (χ0v) is 23.7. The molecule has 0 unspecified atom stereocenters. The molecule has 0 saturated heterocycles. The van der Waals surface area contributed by atoms with Crippen molar-refractivity contribution in [2.45, 2.75) is 65.7 Å². The number of benzene rings is 3. The standard InChI is InChI=1S/C32H40O5S/c1-4-6-7-8-9-10-11-20-35-28-16-12-25(13-17-28)32(34)37-30-19-15-26-21-29(18-14-27(26)22-30)36-31(33)24(3)23-38-5-2/h12-19,21-22,24H,4-11,20,23H2,1-3H3/t24-/m0/s1. The first-order valence-electron chi connectivity index (χ1n) is 13.8. The largest absolute Gasteiger partial charge is 0.494 e. The number of esters is 2. The topological polar surface area (TPSA) is 61.8 Å². The first-order valence-corrected chi connectivity index (χ1v) is 14.9. The molecule has 3 rings (SSSR count). The highest BCUT2D eigenvalue weighted by Crippen LogP contribution is 2.26. The van der Waals surface area contributed by atoms with Crippen LogP contribution < -0.4 is 14.2 Å². The van der Waals surface area contributed by atoms with E-state index in [1.165, 1.54) is 38.5 Å². The van der Waals surface area contributed by atoms with Gasteiger partial charge in [-0.05, 0) is 71.5 Å². The first-order chi connectivity index (χ1) is 18.5. The Kier molecular flexibility index (Phi) is 12.5. The van der Waals surface area contributed by atoms with Gasteiger partial charge in [-0.15, -0.1) is 0 Å². The Labute approximate surface area is 231 Å². The number of carbonyl (C=O) groups excluding carboxylic acids is 2. The normalized spacial score (nSPS) is 11.8. The van der Waals surface area contributed by atoms with E-state index in [9.17, 15) is 9.59 Å². The summed E-state index contributed by atoms with van der Waals surface area (Å²) >= 11 is 1.72. The molecular weight excluding hydrogens is 496 g/mol. The van der Waals surface area contributed by atoms with E-state index in [2.05, 4.69) is 13.8 Å². The van der Waals surface area contributed by atoms with Crippen LogP contribution in [-0.2, 0) is 4.79 Å². The summed E-state index contributed by atoms with van der Waals surface area (Å²) in [6, 6.07) is 17.9. The highest BCUT2D eigenvalue weighted by molar-refractivity contribution is 7.99. The lowest BCUT2D eigenvalue weighted by molar-refractivity contribution is -0.137. The maximum absolute atomic E-state index is 12.7. The Hall–Kier alpha value is -2.99. The van der Waals surface area contributed by atoms with Crippen molar-refractivity contribution >= 4 is 34.5 Å². The minimum atomic E-state index is -0.424. The zero-order valence-electron chi connectivity index (χ0n) is 22.9. The van der Waals surface area contributed by atoms with E-state index in [0.29, 0.717) is 23.7 Å². The molecule has 0 bridgehead atoms. The molecule has 0 heterocycles. The molecule has 3 aromatic carbocycles. The van der Waals surface area contributed by atoms with Crippen LogP contribution in [-0.4, -0.2) is 30.1 Å². The Balaban J connectivity index is 1.48. The second kappa shape index (κ2) is 16.1. The minimum Gasteiger partial charge on any atom is -0.494 e. The summed E-state index contributed by atoms with van der Waals surface area (Å²) in [6.07, 6.45) is 8.70. The summed E-state index contributed by atoms with van der Waals surface area (Å²) in [5, 5.41) is 1.78. The average molecular weight is 537 g/mol. The van der Waals surface area contributed by atoms with Crippen LogP contribution in [0.15, 0.2) is 60.7 Å². The van der Waals surface area contributed by atoms with Crippen molar-refractivity contribution in [3.63, 3.8) is 0 Å². The third kappa shape index (κ3) is 9.71. The summed E-state index contributed by atoms with van der Waals surface area (Å²) in [4.78, 5) is 25.0. The fourth-order valence-corrected chi connectivity index (χ4v) is 4.74. The molecule has 5 nitrogen and oxygen atoms in total. The molecule has 0 amide bonds. The molecule has 0 spiro atoms. The molecule has 1 atom stereocenters. The molecule has 0 saturated carbocycles.